The molecule has 1 aliphatic rings. The van der Waals surface area contributed by atoms with Gasteiger partial charge in [-0.3, -0.25) is 0 Å². The Kier molecular flexibility index (Phi) is 3.67. The number of benzene rings is 1. The van der Waals surface area contributed by atoms with Gasteiger partial charge in [0.15, 0.2) is 0 Å². The minimum absolute atomic E-state index is 0.502. The van der Waals surface area contributed by atoms with E-state index in [4.69, 9.17) is 18.0 Å². The molecule has 1 fully saturated rings. The van der Waals surface area contributed by atoms with Crippen molar-refractivity contribution in [2.75, 3.05) is 18.0 Å². The predicted molar refractivity (Wildman–Crippen MR) is 77.7 cm³/mol. The number of nitrogens with two attached hydrogens (primary N) is 1. The molecule has 0 aromatic heterocycles. The van der Waals surface area contributed by atoms with E-state index in [0.717, 1.165) is 24.6 Å². The fraction of sp³-hybridized carbons (Fsp3) is 0.500. The molecule has 0 saturated carbocycles. The zero-order chi connectivity index (χ0) is 12.4. The third-order valence-corrected chi connectivity index (χ3v) is 3.76. The van der Waals surface area contributed by atoms with Crippen LogP contribution >= 0.6 is 12.2 Å². The average molecular weight is 248 g/mol. The van der Waals surface area contributed by atoms with Crippen molar-refractivity contribution < 1.29 is 0 Å². The zero-order valence-electron chi connectivity index (χ0n) is 10.6. The lowest BCUT2D eigenvalue weighted by Gasteiger charge is -2.33. The first-order chi connectivity index (χ1) is 8.08. The lowest BCUT2D eigenvalue weighted by atomic mass is 9.97. The minimum atomic E-state index is 0.502. The molecule has 0 spiro atoms. The molecule has 1 aliphatic heterocycles. The molecule has 0 amide bonds. The van der Waals surface area contributed by atoms with Crippen molar-refractivity contribution in [3.8, 4) is 0 Å². The van der Waals surface area contributed by atoms with Crippen molar-refractivity contribution >= 4 is 22.9 Å². The maximum Gasteiger partial charge on any atom is 0.106 e. The molecule has 1 heterocycles. The number of nitrogens with zero attached hydrogens (tertiary/aromatic N) is 1. The molecule has 0 bridgehead atoms. The van der Waals surface area contributed by atoms with E-state index in [-0.39, 0.29) is 0 Å². The van der Waals surface area contributed by atoms with Gasteiger partial charge in [0.05, 0.1) is 0 Å². The van der Waals surface area contributed by atoms with Gasteiger partial charge in [0.2, 0.25) is 0 Å². The normalized spacial score (nSPS) is 17.2. The number of hydrogen-bond donors (Lipinski definition) is 1. The summed E-state index contributed by atoms with van der Waals surface area (Å²) >= 11 is 5.15. The van der Waals surface area contributed by atoms with Crippen molar-refractivity contribution in [2.24, 2.45) is 11.7 Å². The van der Waals surface area contributed by atoms with Crippen LogP contribution in [0.25, 0.3) is 0 Å². The van der Waals surface area contributed by atoms with Crippen LogP contribution in [0.3, 0.4) is 0 Å². The van der Waals surface area contributed by atoms with Gasteiger partial charge in [-0.1, -0.05) is 30.8 Å². The highest BCUT2D eigenvalue weighted by Gasteiger charge is 2.18. The molecule has 0 unspecified atom stereocenters. The van der Waals surface area contributed by atoms with Crippen molar-refractivity contribution in [2.45, 2.75) is 26.7 Å². The van der Waals surface area contributed by atoms with E-state index in [1.165, 1.54) is 24.1 Å². The minimum Gasteiger partial charge on any atom is -0.389 e. The third-order valence-electron chi connectivity index (χ3n) is 3.54. The lowest BCUT2D eigenvalue weighted by Crippen LogP contribution is -2.34. The Morgan fingerprint density at radius 3 is 2.59 bits per heavy atom. The van der Waals surface area contributed by atoms with Gasteiger partial charge < -0.3 is 10.6 Å². The number of anilines is 1. The van der Waals surface area contributed by atoms with Gasteiger partial charge in [0.25, 0.3) is 0 Å². The monoisotopic (exact) mass is 248 g/mol. The van der Waals surface area contributed by atoms with Crippen molar-refractivity contribution in [1.29, 1.82) is 0 Å². The maximum absolute atomic E-state index is 5.82. The van der Waals surface area contributed by atoms with Crippen LogP contribution in [-0.2, 0) is 0 Å². The third kappa shape index (κ3) is 2.78. The molecule has 17 heavy (non-hydrogen) atoms. The summed E-state index contributed by atoms with van der Waals surface area (Å²) in [7, 11) is 0. The maximum atomic E-state index is 5.82. The number of piperidine rings is 1. The Hall–Kier alpha value is -1.09. The van der Waals surface area contributed by atoms with Crippen LogP contribution in [0.4, 0.5) is 5.69 Å². The molecule has 1 aromatic carbocycles. The Morgan fingerprint density at radius 1 is 1.35 bits per heavy atom. The first-order valence-electron chi connectivity index (χ1n) is 6.23. The lowest BCUT2D eigenvalue weighted by molar-refractivity contribution is 0.438. The van der Waals surface area contributed by atoms with Gasteiger partial charge in [-0.25, -0.2) is 0 Å². The molecule has 0 aliphatic carbocycles. The molecule has 3 heteroatoms. The van der Waals surface area contributed by atoms with Gasteiger partial charge in [-0.15, -0.1) is 0 Å². The van der Waals surface area contributed by atoms with Gasteiger partial charge in [-0.2, -0.15) is 0 Å². The Morgan fingerprint density at radius 2 is 2.00 bits per heavy atom. The highest BCUT2D eigenvalue weighted by molar-refractivity contribution is 7.80. The van der Waals surface area contributed by atoms with Crippen LogP contribution < -0.4 is 10.6 Å². The Labute approximate surface area is 109 Å². The molecule has 2 nitrogen and oxygen atoms in total. The molecule has 2 N–H and O–H groups in total. The van der Waals surface area contributed by atoms with Crippen LogP contribution in [0.5, 0.6) is 0 Å². The second-order valence-corrected chi connectivity index (χ2v) is 5.49. The first kappa shape index (κ1) is 12.4. The topological polar surface area (TPSA) is 29.3 Å². The predicted octanol–water partition coefficient (Wildman–Crippen LogP) is 2.87. The number of aryl methyl sites for hydroxylation is 1. The van der Waals surface area contributed by atoms with E-state index in [2.05, 4.69) is 36.9 Å². The molecular weight excluding hydrogens is 228 g/mol. The van der Waals surface area contributed by atoms with Gasteiger partial charge in [0, 0.05) is 24.3 Å². The summed E-state index contributed by atoms with van der Waals surface area (Å²) in [6, 6.07) is 6.38. The molecule has 2 rings (SSSR count). The SMILES string of the molecule is Cc1ccc(N2CCC(C)CC2)c(C(N)=S)c1. The van der Waals surface area contributed by atoms with E-state index < -0.39 is 0 Å². The number of rotatable bonds is 2. The van der Waals surface area contributed by atoms with Gasteiger partial charge in [-0.05, 0) is 37.8 Å². The quantitative estimate of drug-likeness (QED) is 0.816. The highest BCUT2D eigenvalue weighted by Crippen LogP contribution is 2.27. The standard InChI is InChI=1S/C14H20N2S/c1-10-5-7-16(8-6-10)13-4-3-11(2)9-12(13)14(15)17/h3-4,9-10H,5-8H2,1-2H3,(H2,15,17). The highest BCUT2D eigenvalue weighted by atomic mass is 32.1. The van der Waals surface area contributed by atoms with Crippen LogP contribution in [0.2, 0.25) is 0 Å². The molecule has 1 saturated heterocycles. The Bertz CT molecular complexity index is 420. The van der Waals surface area contributed by atoms with Crippen LogP contribution in [-0.4, -0.2) is 18.1 Å². The summed E-state index contributed by atoms with van der Waals surface area (Å²) in [4.78, 5) is 2.91. The molecule has 0 atom stereocenters. The zero-order valence-corrected chi connectivity index (χ0v) is 11.4. The number of thiocarbonyl (C=S) groups is 1. The van der Waals surface area contributed by atoms with Crippen molar-refractivity contribution in [3.63, 3.8) is 0 Å². The average Bonchev–Trinajstić information content (AvgIpc) is 2.30. The van der Waals surface area contributed by atoms with E-state index in [1.807, 2.05) is 0 Å². The second-order valence-electron chi connectivity index (χ2n) is 5.05. The fourth-order valence-electron chi connectivity index (χ4n) is 2.37. The number of hydrogen-bond acceptors (Lipinski definition) is 2. The van der Waals surface area contributed by atoms with E-state index in [0.29, 0.717) is 4.99 Å². The summed E-state index contributed by atoms with van der Waals surface area (Å²) in [6.45, 7) is 6.62. The summed E-state index contributed by atoms with van der Waals surface area (Å²) < 4.78 is 0. The molecule has 92 valence electrons. The molecular formula is C14H20N2S. The summed E-state index contributed by atoms with van der Waals surface area (Å²) in [5, 5.41) is 0. The summed E-state index contributed by atoms with van der Waals surface area (Å²) in [5.41, 5.74) is 9.26. The first-order valence-corrected chi connectivity index (χ1v) is 6.64. The van der Waals surface area contributed by atoms with Crippen molar-refractivity contribution in [1.82, 2.24) is 0 Å². The van der Waals surface area contributed by atoms with Crippen LogP contribution in [0.1, 0.15) is 30.9 Å². The molecule has 1 aromatic rings. The molecule has 0 radical (unpaired) electrons. The van der Waals surface area contributed by atoms with Crippen LogP contribution in [0.15, 0.2) is 18.2 Å². The van der Waals surface area contributed by atoms with Crippen LogP contribution in [0, 0.1) is 12.8 Å². The second kappa shape index (κ2) is 5.05. The smallest absolute Gasteiger partial charge is 0.106 e. The van der Waals surface area contributed by atoms with E-state index in [1.54, 1.807) is 0 Å². The van der Waals surface area contributed by atoms with Crippen molar-refractivity contribution in [3.05, 3.63) is 29.3 Å². The summed E-state index contributed by atoms with van der Waals surface area (Å²) in [6.07, 6.45) is 2.51. The van der Waals surface area contributed by atoms with Gasteiger partial charge >= 0.3 is 0 Å². The summed E-state index contributed by atoms with van der Waals surface area (Å²) in [5.74, 6) is 0.838. The Balaban J connectivity index is 2.28. The van der Waals surface area contributed by atoms with E-state index in [9.17, 15) is 0 Å². The fourth-order valence-corrected chi connectivity index (χ4v) is 2.54. The van der Waals surface area contributed by atoms with Gasteiger partial charge in [0.1, 0.15) is 4.99 Å². The largest absolute Gasteiger partial charge is 0.389 e. The van der Waals surface area contributed by atoms with E-state index >= 15 is 0 Å².